The largest absolute Gasteiger partial charge is 0.493 e. The Labute approximate surface area is 146 Å². The number of amides is 2. The number of carbonyl (C=O) groups is 1. The van der Waals surface area contributed by atoms with Crippen molar-refractivity contribution < 1.29 is 9.53 Å². The van der Waals surface area contributed by atoms with Crippen molar-refractivity contribution in [2.45, 2.75) is 45.2 Å². The molecular formula is C18H23N5O2. The highest BCUT2D eigenvalue weighted by Gasteiger charge is 2.21. The first-order valence-electron chi connectivity index (χ1n) is 8.96. The molecule has 2 amide bonds. The van der Waals surface area contributed by atoms with Crippen molar-refractivity contribution in [3.05, 3.63) is 35.9 Å². The molecule has 2 N–H and O–H groups in total. The van der Waals surface area contributed by atoms with Crippen LogP contribution in [0.4, 0.5) is 10.5 Å². The molecule has 0 bridgehead atoms. The molecule has 1 aromatic heterocycles. The lowest BCUT2D eigenvalue weighted by molar-refractivity contribution is 0.251. The van der Waals surface area contributed by atoms with E-state index >= 15 is 0 Å². The third kappa shape index (κ3) is 4.10. The number of ether oxygens (including phenoxy) is 1. The van der Waals surface area contributed by atoms with Gasteiger partial charge in [-0.2, -0.15) is 0 Å². The number of aromatic nitrogens is 3. The minimum absolute atomic E-state index is 0.250. The molecule has 1 fully saturated rings. The zero-order valence-electron chi connectivity index (χ0n) is 14.2. The molecule has 7 heteroatoms. The fourth-order valence-corrected chi connectivity index (χ4v) is 2.97. The second-order valence-corrected chi connectivity index (χ2v) is 6.73. The highest BCUT2D eigenvalue weighted by atomic mass is 16.5. The van der Waals surface area contributed by atoms with Crippen LogP contribution in [-0.4, -0.2) is 27.4 Å². The van der Waals surface area contributed by atoms with E-state index in [-0.39, 0.29) is 6.03 Å². The number of urea groups is 1. The molecule has 1 aliphatic carbocycles. The molecule has 0 saturated heterocycles. The first kappa shape index (κ1) is 15.9. The van der Waals surface area contributed by atoms with Gasteiger partial charge in [-0.1, -0.05) is 0 Å². The van der Waals surface area contributed by atoms with Crippen LogP contribution in [0.1, 0.15) is 37.3 Å². The van der Waals surface area contributed by atoms with E-state index in [1.54, 1.807) is 0 Å². The Morgan fingerprint density at radius 2 is 2.04 bits per heavy atom. The molecule has 0 atom stereocenters. The number of benzene rings is 1. The quantitative estimate of drug-likeness (QED) is 0.846. The highest BCUT2D eigenvalue weighted by Crippen LogP contribution is 2.29. The van der Waals surface area contributed by atoms with E-state index in [4.69, 9.17) is 4.74 Å². The van der Waals surface area contributed by atoms with Crippen molar-refractivity contribution in [1.29, 1.82) is 0 Å². The molecule has 2 aliphatic rings. The molecule has 0 unspecified atom stereocenters. The van der Waals surface area contributed by atoms with Gasteiger partial charge in [0.15, 0.2) is 5.82 Å². The van der Waals surface area contributed by atoms with Gasteiger partial charge in [0.25, 0.3) is 0 Å². The Hall–Kier alpha value is -2.57. The molecule has 1 aromatic carbocycles. The number of hydrogen-bond acceptors (Lipinski definition) is 4. The van der Waals surface area contributed by atoms with E-state index in [9.17, 15) is 4.79 Å². The van der Waals surface area contributed by atoms with Gasteiger partial charge in [0.05, 0.1) is 13.2 Å². The summed E-state index contributed by atoms with van der Waals surface area (Å²) >= 11 is 0. The van der Waals surface area contributed by atoms with Crippen LogP contribution in [0.25, 0.3) is 0 Å². The second-order valence-electron chi connectivity index (χ2n) is 6.73. The first-order chi connectivity index (χ1) is 12.3. The number of rotatable bonds is 6. The molecule has 0 radical (unpaired) electrons. The topological polar surface area (TPSA) is 81.1 Å². The Morgan fingerprint density at radius 1 is 1.20 bits per heavy atom. The molecule has 4 rings (SSSR count). The number of carbonyl (C=O) groups excluding carboxylic acids is 1. The van der Waals surface area contributed by atoms with Crippen molar-refractivity contribution in [2.75, 3.05) is 11.9 Å². The Morgan fingerprint density at radius 3 is 2.84 bits per heavy atom. The van der Waals surface area contributed by atoms with Gasteiger partial charge in [-0.05, 0) is 55.9 Å². The summed E-state index contributed by atoms with van der Waals surface area (Å²) in [6, 6.07) is 7.21. The Bertz CT molecular complexity index is 736. The molecule has 25 heavy (non-hydrogen) atoms. The minimum atomic E-state index is -0.250. The predicted octanol–water partition coefficient (Wildman–Crippen LogP) is 2.72. The number of hydrogen-bond donors (Lipinski definition) is 2. The van der Waals surface area contributed by atoms with Crippen molar-refractivity contribution >= 4 is 11.7 Å². The molecule has 2 aromatic rings. The number of nitrogens with one attached hydrogen (secondary N) is 2. The van der Waals surface area contributed by atoms with Gasteiger partial charge >= 0.3 is 6.03 Å². The maximum atomic E-state index is 12.1. The summed E-state index contributed by atoms with van der Waals surface area (Å²) in [7, 11) is 0. The summed E-state index contributed by atoms with van der Waals surface area (Å²) in [5.41, 5.74) is 0.736. The lowest BCUT2D eigenvalue weighted by atomic mass is 10.2. The predicted molar refractivity (Wildman–Crippen MR) is 93.5 cm³/mol. The van der Waals surface area contributed by atoms with E-state index in [1.807, 2.05) is 24.3 Å². The van der Waals surface area contributed by atoms with Crippen LogP contribution in [0.3, 0.4) is 0 Å². The molecule has 1 aliphatic heterocycles. The van der Waals surface area contributed by atoms with Crippen LogP contribution in [0.15, 0.2) is 24.3 Å². The van der Waals surface area contributed by atoms with Gasteiger partial charge < -0.3 is 19.9 Å². The van der Waals surface area contributed by atoms with Gasteiger partial charge in [0.2, 0.25) is 0 Å². The molecule has 0 spiro atoms. The summed E-state index contributed by atoms with van der Waals surface area (Å²) in [4.78, 5) is 12.1. The molecule has 132 valence electrons. The van der Waals surface area contributed by atoms with Gasteiger partial charge in [-0.3, -0.25) is 0 Å². The van der Waals surface area contributed by atoms with Crippen molar-refractivity contribution in [3.63, 3.8) is 0 Å². The van der Waals surface area contributed by atoms with Crippen molar-refractivity contribution in [1.82, 2.24) is 20.1 Å². The van der Waals surface area contributed by atoms with Gasteiger partial charge in [-0.25, -0.2) is 4.79 Å². The summed E-state index contributed by atoms with van der Waals surface area (Å²) < 4.78 is 7.80. The van der Waals surface area contributed by atoms with E-state index in [0.717, 1.165) is 61.4 Å². The summed E-state index contributed by atoms with van der Waals surface area (Å²) in [6.07, 6.45) is 5.81. The van der Waals surface area contributed by atoms with Crippen LogP contribution in [0.5, 0.6) is 5.75 Å². The fourth-order valence-electron chi connectivity index (χ4n) is 2.97. The van der Waals surface area contributed by atoms with Crippen molar-refractivity contribution in [2.24, 2.45) is 5.92 Å². The molecule has 7 nitrogen and oxygen atoms in total. The minimum Gasteiger partial charge on any atom is -0.493 e. The van der Waals surface area contributed by atoms with E-state index in [2.05, 4.69) is 25.4 Å². The zero-order valence-corrected chi connectivity index (χ0v) is 14.2. The smallest absolute Gasteiger partial charge is 0.319 e. The number of nitrogens with zero attached hydrogens (tertiary/aromatic N) is 3. The molecular weight excluding hydrogens is 318 g/mol. The summed E-state index contributed by atoms with van der Waals surface area (Å²) in [6.45, 7) is 2.10. The maximum absolute atomic E-state index is 12.1. The summed E-state index contributed by atoms with van der Waals surface area (Å²) in [5.74, 6) is 3.40. The molecule has 1 saturated carbocycles. The monoisotopic (exact) mass is 341 g/mol. The van der Waals surface area contributed by atoms with E-state index < -0.39 is 0 Å². The average molecular weight is 341 g/mol. The van der Waals surface area contributed by atoms with Crippen LogP contribution in [-0.2, 0) is 19.5 Å². The lowest BCUT2D eigenvalue weighted by Crippen LogP contribution is -2.29. The SMILES string of the molecule is O=C(NCc1nnc2n1CCCC2)Nc1ccc(OCC2CC2)cc1. The van der Waals surface area contributed by atoms with Crippen LogP contribution in [0, 0.1) is 5.92 Å². The normalized spacial score (nSPS) is 16.2. The third-order valence-corrected chi connectivity index (χ3v) is 4.64. The lowest BCUT2D eigenvalue weighted by Gasteiger charge is -2.15. The third-order valence-electron chi connectivity index (χ3n) is 4.64. The van der Waals surface area contributed by atoms with Crippen LogP contribution >= 0.6 is 0 Å². The van der Waals surface area contributed by atoms with Crippen molar-refractivity contribution in [3.8, 4) is 5.75 Å². The van der Waals surface area contributed by atoms with E-state index in [0.29, 0.717) is 6.54 Å². The Kier molecular flexibility index (Phi) is 4.54. The van der Waals surface area contributed by atoms with Gasteiger partial charge in [0.1, 0.15) is 11.6 Å². The standard InChI is InChI=1S/C18H23N5O2/c24-18(19-11-17-22-21-16-3-1-2-10-23(16)17)20-14-6-8-15(9-7-14)25-12-13-4-5-13/h6-9,13H,1-5,10-12H2,(H2,19,20,24). The summed E-state index contributed by atoms with van der Waals surface area (Å²) in [5, 5.41) is 14.0. The van der Waals surface area contributed by atoms with Crippen LogP contribution in [0.2, 0.25) is 0 Å². The average Bonchev–Trinajstić information content (AvgIpc) is 3.38. The number of anilines is 1. The zero-order chi connectivity index (χ0) is 17.1. The second kappa shape index (κ2) is 7.13. The van der Waals surface area contributed by atoms with E-state index in [1.165, 1.54) is 12.8 Å². The fraction of sp³-hybridized carbons (Fsp3) is 0.500. The maximum Gasteiger partial charge on any atom is 0.319 e. The van der Waals surface area contributed by atoms with Crippen LogP contribution < -0.4 is 15.4 Å². The number of fused-ring (bicyclic) bond motifs is 1. The van der Waals surface area contributed by atoms with Gasteiger partial charge in [0, 0.05) is 18.7 Å². The number of aryl methyl sites for hydroxylation is 1. The molecule has 2 heterocycles. The first-order valence-corrected chi connectivity index (χ1v) is 8.96. The Balaban J connectivity index is 1.26. The van der Waals surface area contributed by atoms with Gasteiger partial charge in [-0.15, -0.1) is 10.2 Å². The highest BCUT2D eigenvalue weighted by molar-refractivity contribution is 5.89.